The monoisotopic (exact) mass is 296 g/mol. The predicted octanol–water partition coefficient (Wildman–Crippen LogP) is 2.93. The number of nitrogens with one attached hydrogen (secondary N) is 1. The molecule has 0 aromatic carbocycles. The van der Waals surface area contributed by atoms with Gasteiger partial charge < -0.3 is 14.8 Å². The number of aromatic nitrogens is 2. The minimum Gasteiger partial charge on any atom is -0.356 e. The van der Waals surface area contributed by atoms with Gasteiger partial charge in [-0.1, -0.05) is 13.8 Å². The molecule has 22 heavy (non-hydrogen) atoms. The Balaban J connectivity index is 1.87. The first-order valence-electron chi connectivity index (χ1n) is 8.34. The first-order chi connectivity index (χ1) is 10.7. The summed E-state index contributed by atoms with van der Waals surface area (Å²) in [4.78, 5) is 7.28. The van der Waals surface area contributed by atoms with Crippen LogP contribution in [0.2, 0.25) is 0 Å². The van der Waals surface area contributed by atoms with Gasteiger partial charge in [-0.2, -0.15) is 0 Å². The number of hydrogen-bond donors (Lipinski definition) is 1. The summed E-state index contributed by atoms with van der Waals surface area (Å²) >= 11 is 0. The van der Waals surface area contributed by atoms with Crippen molar-refractivity contribution in [3.8, 4) is 5.82 Å². The SMILES string of the molecule is CC(C)CCN1c2cccnc2-n2cccc2C12CCNC2. The predicted molar refractivity (Wildman–Crippen MR) is 89.5 cm³/mol. The van der Waals surface area contributed by atoms with Gasteiger partial charge in [-0.25, -0.2) is 4.98 Å². The van der Waals surface area contributed by atoms with Crippen LogP contribution in [0.3, 0.4) is 0 Å². The Labute approximate surface area is 132 Å². The molecule has 1 saturated heterocycles. The molecule has 1 N–H and O–H groups in total. The van der Waals surface area contributed by atoms with Crippen molar-refractivity contribution in [2.24, 2.45) is 5.92 Å². The number of rotatable bonds is 3. The van der Waals surface area contributed by atoms with Crippen LogP contribution in [0.25, 0.3) is 5.82 Å². The van der Waals surface area contributed by atoms with Crippen LogP contribution in [-0.2, 0) is 5.54 Å². The molecule has 0 bridgehead atoms. The van der Waals surface area contributed by atoms with Crippen LogP contribution in [0, 0.1) is 5.92 Å². The molecule has 1 spiro atoms. The van der Waals surface area contributed by atoms with Crippen molar-refractivity contribution < 1.29 is 0 Å². The quantitative estimate of drug-likeness (QED) is 0.945. The van der Waals surface area contributed by atoms with Crippen molar-refractivity contribution in [3.63, 3.8) is 0 Å². The molecular formula is C18H24N4. The van der Waals surface area contributed by atoms with Gasteiger partial charge in [0, 0.05) is 25.5 Å². The van der Waals surface area contributed by atoms with E-state index in [1.54, 1.807) is 0 Å². The summed E-state index contributed by atoms with van der Waals surface area (Å²) in [6.07, 6.45) is 6.41. The van der Waals surface area contributed by atoms with Crippen molar-refractivity contribution in [3.05, 3.63) is 42.4 Å². The van der Waals surface area contributed by atoms with Gasteiger partial charge in [-0.15, -0.1) is 0 Å². The third-order valence-corrected chi connectivity index (χ3v) is 5.09. The van der Waals surface area contributed by atoms with Gasteiger partial charge in [-0.3, -0.25) is 0 Å². The number of fused-ring (bicyclic) bond motifs is 4. The van der Waals surface area contributed by atoms with Gasteiger partial charge in [-0.05, 0) is 49.6 Å². The van der Waals surface area contributed by atoms with E-state index in [0.29, 0.717) is 5.92 Å². The fourth-order valence-electron chi connectivity index (χ4n) is 3.95. The molecule has 0 aliphatic carbocycles. The first-order valence-corrected chi connectivity index (χ1v) is 8.34. The zero-order chi connectivity index (χ0) is 15.2. The molecule has 1 unspecified atom stereocenters. The maximum absolute atomic E-state index is 4.67. The van der Waals surface area contributed by atoms with Crippen molar-refractivity contribution in [1.82, 2.24) is 14.9 Å². The lowest BCUT2D eigenvalue weighted by molar-refractivity contribution is 0.389. The topological polar surface area (TPSA) is 33.1 Å². The molecule has 4 rings (SSSR count). The van der Waals surface area contributed by atoms with Gasteiger partial charge in [0.2, 0.25) is 0 Å². The van der Waals surface area contributed by atoms with Crippen molar-refractivity contribution in [2.45, 2.75) is 32.2 Å². The van der Waals surface area contributed by atoms with Crippen LogP contribution < -0.4 is 10.2 Å². The molecule has 4 nitrogen and oxygen atoms in total. The van der Waals surface area contributed by atoms with E-state index in [1.807, 2.05) is 6.20 Å². The van der Waals surface area contributed by atoms with E-state index in [0.717, 1.165) is 31.9 Å². The van der Waals surface area contributed by atoms with Crippen molar-refractivity contribution in [1.29, 1.82) is 0 Å². The highest BCUT2D eigenvalue weighted by Gasteiger charge is 2.47. The Kier molecular flexibility index (Phi) is 3.22. The largest absolute Gasteiger partial charge is 0.356 e. The lowest BCUT2D eigenvalue weighted by Gasteiger charge is -2.47. The first kappa shape index (κ1) is 13.8. The lowest BCUT2D eigenvalue weighted by atomic mass is 9.88. The molecule has 2 aromatic rings. The van der Waals surface area contributed by atoms with Crippen LogP contribution in [0.15, 0.2) is 36.7 Å². The summed E-state index contributed by atoms with van der Waals surface area (Å²) in [5.74, 6) is 1.78. The van der Waals surface area contributed by atoms with E-state index in [9.17, 15) is 0 Å². The standard InChI is InChI=1S/C18H24N4/c1-14(2)7-12-22-15-5-3-9-20-17(15)21-11-4-6-16(21)18(22)8-10-19-13-18/h3-6,9,11,14,19H,7-8,10,12-13H2,1-2H3. The molecule has 2 aliphatic rings. The molecule has 2 aliphatic heterocycles. The zero-order valence-corrected chi connectivity index (χ0v) is 13.4. The van der Waals surface area contributed by atoms with Gasteiger partial charge in [0.1, 0.15) is 0 Å². The van der Waals surface area contributed by atoms with Gasteiger partial charge in [0.05, 0.1) is 16.9 Å². The van der Waals surface area contributed by atoms with Crippen molar-refractivity contribution in [2.75, 3.05) is 24.5 Å². The molecule has 0 saturated carbocycles. The van der Waals surface area contributed by atoms with Crippen LogP contribution in [0.5, 0.6) is 0 Å². The molecule has 0 radical (unpaired) electrons. The van der Waals surface area contributed by atoms with E-state index in [-0.39, 0.29) is 5.54 Å². The second-order valence-corrected chi connectivity index (χ2v) is 6.90. The van der Waals surface area contributed by atoms with E-state index in [2.05, 4.69) is 64.1 Å². The third kappa shape index (κ3) is 1.90. The Hall–Kier alpha value is -1.81. The highest BCUT2D eigenvalue weighted by Crippen LogP contribution is 2.45. The average Bonchev–Trinajstić information content (AvgIpc) is 3.16. The number of nitrogens with zero attached hydrogens (tertiary/aromatic N) is 3. The Morgan fingerprint density at radius 3 is 3.00 bits per heavy atom. The highest BCUT2D eigenvalue weighted by atomic mass is 15.3. The lowest BCUT2D eigenvalue weighted by Crippen LogP contribution is -2.52. The molecule has 0 amide bonds. The Morgan fingerprint density at radius 2 is 2.23 bits per heavy atom. The Bertz CT molecular complexity index is 667. The molecule has 4 heteroatoms. The molecule has 1 atom stereocenters. The second kappa shape index (κ2) is 5.13. The number of hydrogen-bond acceptors (Lipinski definition) is 3. The van der Waals surface area contributed by atoms with E-state index in [4.69, 9.17) is 0 Å². The summed E-state index contributed by atoms with van der Waals surface area (Å²) in [6, 6.07) is 8.71. The van der Waals surface area contributed by atoms with Crippen LogP contribution in [0.1, 0.15) is 32.4 Å². The highest BCUT2D eigenvalue weighted by molar-refractivity contribution is 5.66. The summed E-state index contributed by atoms with van der Waals surface area (Å²) in [6.45, 7) is 7.79. The van der Waals surface area contributed by atoms with E-state index < -0.39 is 0 Å². The minimum atomic E-state index is 0.0778. The van der Waals surface area contributed by atoms with Crippen molar-refractivity contribution >= 4 is 5.69 Å². The maximum Gasteiger partial charge on any atom is 0.160 e. The van der Waals surface area contributed by atoms with E-state index in [1.165, 1.54) is 17.8 Å². The van der Waals surface area contributed by atoms with Gasteiger partial charge >= 0.3 is 0 Å². The minimum absolute atomic E-state index is 0.0778. The fraction of sp³-hybridized carbons (Fsp3) is 0.500. The normalized spacial score (nSPS) is 23.1. The average molecular weight is 296 g/mol. The molecular weight excluding hydrogens is 272 g/mol. The number of anilines is 1. The molecule has 116 valence electrons. The molecule has 1 fully saturated rings. The summed E-state index contributed by atoms with van der Waals surface area (Å²) in [7, 11) is 0. The maximum atomic E-state index is 4.67. The smallest absolute Gasteiger partial charge is 0.160 e. The molecule has 4 heterocycles. The zero-order valence-electron chi connectivity index (χ0n) is 13.4. The molecule has 2 aromatic heterocycles. The summed E-state index contributed by atoms with van der Waals surface area (Å²) in [5.41, 5.74) is 2.73. The number of pyridine rings is 1. The third-order valence-electron chi connectivity index (χ3n) is 5.09. The fourth-order valence-corrected chi connectivity index (χ4v) is 3.95. The van der Waals surface area contributed by atoms with Gasteiger partial charge in [0.25, 0.3) is 0 Å². The van der Waals surface area contributed by atoms with Gasteiger partial charge in [0.15, 0.2) is 5.82 Å². The summed E-state index contributed by atoms with van der Waals surface area (Å²) in [5, 5.41) is 3.59. The van der Waals surface area contributed by atoms with Crippen LogP contribution in [-0.4, -0.2) is 29.2 Å². The summed E-state index contributed by atoms with van der Waals surface area (Å²) < 4.78 is 2.29. The van der Waals surface area contributed by atoms with E-state index >= 15 is 0 Å². The van der Waals surface area contributed by atoms with Crippen LogP contribution in [0.4, 0.5) is 5.69 Å². The Morgan fingerprint density at radius 1 is 1.32 bits per heavy atom. The second-order valence-electron chi connectivity index (χ2n) is 6.90. The van der Waals surface area contributed by atoms with Crippen LogP contribution >= 0.6 is 0 Å².